The SMILES string of the molecule is C[C@@H]1C[C@H](C)CN(CCNC(=O)[C@H](C)n2cncn2)C1. The van der Waals surface area contributed by atoms with Crippen LogP contribution >= 0.6 is 0 Å². The zero-order valence-electron chi connectivity index (χ0n) is 12.6. The summed E-state index contributed by atoms with van der Waals surface area (Å²) in [7, 11) is 0. The van der Waals surface area contributed by atoms with Crippen molar-refractivity contribution in [1.82, 2.24) is 25.0 Å². The summed E-state index contributed by atoms with van der Waals surface area (Å²) in [6, 6.07) is -0.309. The summed E-state index contributed by atoms with van der Waals surface area (Å²) in [5, 5.41) is 6.97. The van der Waals surface area contributed by atoms with Crippen molar-refractivity contribution in [3.05, 3.63) is 12.7 Å². The zero-order chi connectivity index (χ0) is 14.5. The van der Waals surface area contributed by atoms with Crippen LogP contribution in [0.5, 0.6) is 0 Å². The van der Waals surface area contributed by atoms with Gasteiger partial charge in [-0.05, 0) is 25.2 Å². The molecule has 3 atom stereocenters. The second-order valence-corrected chi connectivity index (χ2v) is 6.05. The number of nitrogens with zero attached hydrogens (tertiary/aromatic N) is 4. The van der Waals surface area contributed by atoms with Gasteiger partial charge in [0.2, 0.25) is 5.91 Å². The van der Waals surface area contributed by atoms with Gasteiger partial charge < -0.3 is 10.2 Å². The van der Waals surface area contributed by atoms with Gasteiger partial charge in [-0.3, -0.25) is 4.79 Å². The van der Waals surface area contributed by atoms with E-state index in [4.69, 9.17) is 0 Å². The van der Waals surface area contributed by atoms with Gasteiger partial charge in [-0.15, -0.1) is 0 Å². The number of aromatic nitrogens is 3. The molecule has 1 amide bonds. The Labute approximate surface area is 120 Å². The molecule has 0 spiro atoms. The van der Waals surface area contributed by atoms with Gasteiger partial charge in [0.25, 0.3) is 0 Å². The first-order valence-corrected chi connectivity index (χ1v) is 7.40. The van der Waals surface area contributed by atoms with E-state index in [9.17, 15) is 4.79 Å². The summed E-state index contributed by atoms with van der Waals surface area (Å²) in [5.41, 5.74) is 0. The Morgan fingerprint density at radius 2 is 2.10 bits per heavy atom. The van der Waals surface area contributed by atoms with Crippen LogP contribution in [0.3, 0.4) is 0 Å². The second-order valence-electron chi connectivity index (χ2n) is 6.05. The predicted molar refractivity (Wildman–Crippen MR) is 77.1 cm³/mol. The molecule has 1 aliphatic heterocycles. The molecular weight excluding hydrogens is 254 g/mol. The number of carbonyl (C=O) groups excluding carboxylic acids is 1. The van der Waals surface area contributed by atoms with Gasteiger partial charge in [-0.1, -0.05) is 13.8 Å². The molecule has 2 heterocycles. The number of hydrogen-bond donors (Lipinski definition) is 1. The van der Waals surface area contributed by atoms with Crippen molar-refractivity contribution in [2.75, 3.05) is 26.2 Å². The Morgan fingerprint density at radius 3 is 2.70 bits per heavy atom. The van der Waals surface area contributed by atoms with Crippen LogP contribution in [-0.2, 0) is 4.79 Å². The number of likely N-dealkylation sites (tertiary alicyclic amines) is 1. The molecule has 1 fully saturated rings. The van der Waals surface area contributed by atoms with Crippen LogP contribution in [0.25, 0.3) is 0 Å². The van der Waals surface area contributed by atoms with Gasteiger partial charge >= 0.3 is 0 Å². The Hall–Kier alpha value is -1.43. The van der Waals surface area contributed by atoms with E-state index in [2.05, 4.69) is 34.1 Å². The molecule has 1 aromatic heterocycles. The number of piperidine rings is 1. The highest BCUT2D eigenvalue weighted by Gasteiger charge is 2.21. The van der Waals surface area contributed by atoms with Crippen LogP contribution in [-0.4, -0.2) is 51.8 Å². The average molecular weight is 279 g/mol. The third-order valence-electron chi connectivity index (χ3n) is 3.88. The lowest BCUT2D eigenvalue weighted by molar-refractivity contribution is -0.124. The van der Waals surface area contributed by atoms with E-state index in [0.717, 1.165) is 31.5 Å². The number of nitrogens with one attached hydrogen (secondary N) is 1. The van der Waals surface area contributed by atoms with Crippen molar-refractivity contribution in [2.45, 2.75) is 33.2 Å². The van der Waals surface area contributed by atoms with Gasteiger partial charge in [0.05, 0.1) is 0 Å². The third kappa shape index (κ3) is 4.03. The molecule has 0 aromatic carbocycles. The largest absolute Gasteiger partial charge is 0.353 e. The molecule has 2 rings (SSSR count). The summed E-state index contributed by atoms with van der Waals surface area (Å²) in [4.78, 5) is 18.3. The van der Waals surface area contributed by atoms with Crippen LogP contribution < -0.4 is 5.32 Å². The maximum atomic E-state index is 12.0. The second kappa shape index (κ2) is 6.83. The van der Waals surface area contributed by atoms with Gasteiger partial charge in [0.15, 0.2) is 0 Å². The number of amides is 1. The van der Waals surface area contributed by atoms with Crippen LogP contribution in [0, 0.1) is 11.8 Å². The Morgan fingerprint density at radius 1 is 1.40 bits per heavy atom. The normalized spacial score (nSPS) is 25.4. The predicted octanol–water partition coefficient (Wildman–Crippen LogP) is 0.933. The molecule has 1 saturated heterocycles. The highest BCUT2D eigenvalue weighted by molar-refractivity contribution is 5.79. The maximum absolute atomic E-state index is 12.0. The van der Waals surface area contributed by atoms with E-state index in [1.54, 1.807) is 11.0 Å². The quantitative estimate of drug-likeness (QED) is 0.871. The summed E-state index contributed by atoms with van der Waals surface area (Å²) in [6.45, 7) is 10.3. The Balaban J connectivity index is 1.71. The molecular formula is C14H25N5O. The number of hydrogen-bond acceptors (Lipinski definition) is 4. The van der Waals surface area contributed by atoms with Crippen LogP contribution in [0.15, 0.2) is 12.7 Å². The topological polar surface area (TPSA) is 63.1 Å². The standard InChI is InChI=1S/C14H25N5O/c1-11-6-12(2)8-18(7-11)5-4-16-14(20)13(3)19-10-15-9-17-19/h9-13H,4-8H2,1-3H3,(H,16,20)/t11-,12+,13-/m0/s1. The van der Waals surface area contributed by atoms with E-state index < -0.39 is 0 Å². The molecule has 0 bridgehead atoms. The molecule has 6 heteroatoms. The van der Waals surface area contributed by atoms with Crippen LogP contribution in [0.2, 0.25) is 0 Å². The molecule has 0 unspecified atom stereocenters. The minimum atomic E-state index is -0.309. The lowest BCUT2D eigenvalue weighted by atomic mass is 9.92. The molecule has 112 valence electrons. The molecule has 0 saturated carbocycles. The summed E-state index contributed by atoms with van der Waals surface area (Å²) in [6.07, 6.45) is 4.32. The lowest BCUT2D eigenvalue weighted by Crippen LogP contribution is -2.43. The molecule has 1 aromatic rings. The van der Waals surface area contributed by atoms with Crippen molar-refractivity contribution in [3.8, 4) is 0 Å². The summed E-state index contributed by atoms with van der Waals surface area (Å²) in [5.74, 6) is 1.50. The fourth-order valence-electron chi connectivity index (χ4n) is 3.00. The van der Waals surface area contributed by atoms with Gasteiger partial charge in [0, 0.05) is 26.2 Å². The monoisotopic (exact) mass is 279 g/mol. The molecule has 0 aliphatic carbocycles. The van der Waals surface area contributed by atoms with E-state index in [0.29, 0.717) is 6.54 Å². The maximum Gasteiger partial charge on any atom is 0.244 e. The first-order valence-electron chi connectivity index (χ1n) is 7.40. The van der Waals surface area contributed by atoms with Gasteiger partial charge in [-0.2, -0.15) is 5.10 Å². The highest BCUT2D eigenvalue weighted by Crippen LogP contribution is 2.20. The van der Waals surface area contributed by atoms with Gasteiger partial charge in [0.1, 0.15) is 18.7 Å². The van der Waals surface area contributed by atoms with Crippen molar-refractivity contribution >= 4 is 5.91 Å². The van der Waals surface area contributed by atoms with Crippen LogP contribution in [0.4, 0.5) is 0 Å². The molecule has 1 N–H and O–H groups in total. The lowest BCUT2D eigenvalue weighted by Gasteiger charge is -2.34. The van der Waals surface area contributed by atoms with Gasteiger partial charge in [-0.25, -0.2) is 9.67 Å². The van der Waals surface area contributed by atoms with Crippen molar-refractivity contribution in [3.63, 3.8) is 0 Å². The van der Waals surface area contributed by atoms with Crippen molar-refractivity contribution in [1.29, 1.82) is 0 Å². The van der Waals surface area contributed by atoms with E-state index >= 15 is 0 Å². The van der Waals surface area contributed by atoms with E-state index in [-0.39, 0.29) is 11.9 Å². The fraction of sp³-hybridized carbons (Fsp3) is 0.786. The zero-order valence-corrected chi connectivity index (χ0v) is 12.6. The average Bonchev–Trinajstić information content (AvgIpc) is 2.90. The van der Waals surface area contributed by atoms with Crippen molar-refractivity contribution in [2.24, 2.45) is 11.8 Å². The van der Waals surface area contributed by atoms with E-state index in [1.165, 1.54) is 12.7 Å². The number of carbonyl (C=O) groups is 1. The fourth-order valence-corrected chi connectivity index (χ4v) is 3.00. The molecule has 1 aliphatic rings. The smallest absolute Gasteiger partial charge is 0.244 e. The van der Waals surface area contributed by atoms with E-state index in [1.807, 2.05) is 6.92 Å². The minimum absolute atomic E-state index is 0.00592. The minimum Gasteiger partial charge on any atom is -0.353 e. The summed E-state index contributed by atoms with van der Waals surface area (Å²) < 4.78 is 1.57. The Bertz CT molecular complexity index is 409. The molecule has 20 heavy (non-hydrogen) atoms. The Kier molecular flexibility index (Phi) is 5.11. The van der Waals surface area contributed by atoms with Crippen molar-refractivity contribution < 1.29 is 4.79 Å². The third-order valence-corrected chi connectivity index (χ3v) is 3.88. The van der Waals surface area contributed by atoms with Crippen LogP contribution in [0.1, 0.15) is 33.2 Å². The first-order chi connectivity index (χ1) is 9.56. The number of rotatable bonds is 5. The first kappa shape index (κ1) is 15.0. The molecule has 0 radical (unpaired) electrons. The summed E-state index contributed by atoms with van der Waals surface area (Å²) >= 11 is 0. The highest BCUT2D eigenvalue weighted by atomic mass is 16.2. The molecule has 6 nitrogen and oxygen atoms in total.